The number of carbonyl (C=O) groups excluding carboxylic acids is 1. The Morgan fingerprint density at radius 2 is 1.12 bits per heavy atom. The molecule has 0 aliphatic carbocycles. The summed E-state index contributed by atoms with van der Waals surface area (Å²) in [6.07, 6.45) is 0. The second-order valence-electron chi connectivity index (χ2n) is 4.92. The number of rotatable bonds is 6. The molecule has 9 nitrogen and oxygen atoms in total. The monoisotopic (exact) mass is 360 g/mol. The van der Waals surface area contributed by atoms with Crippen LogP contribution in [0.25, 0.3) is 0 Å². The highest BCUT2D eigenvalue weighted by molar-refractivity contribution is 6.03. The third-order valence-corrected chi connectivity index (χ3v) is 3.31. The summed E-state index contributed by atoms with van der Waals surface area (Å²) in [5.74, 6) is -5.11. The second-order valence-corrected chi connectivity index (χ2v) is 4.92. The number of hydrogen-bond donors (Lipinski definition) is 3. The fraction of sp³-hybridized carbons (Fsp3) is 0.0588. The van der Waals surface area contributed by atoms with Gasteiger partial charge in [0.25, 0.3) is 0 Å². The molecule has 0 spiro atoms. The highest BCUT2D eigenvalue weighted by Crippen LogP contribution is 2.27. The first-order valence-electron chi connectivity index (χ1n) is 6.98. The predicted octanol–water partition coefficient (Wildman–Crippen LogP) is 2.36. The van der Waals surface area contributed by atoms with Gasteiger partial charge in [0.05, 0.1) is 29.4 Å². The minimum absolute atomic E-state index is 0.00877. The van der Waals surface area contributed by atoms with Crippen LogP contribution in [0.2, 0.25) is 0 Å². The fourth-order valence-electron chi connectivity index (χ4n) is 2.14. The second kappa shape index (κ2) is 7.34. The van der Waals surface area contributed by atoms with Gasteiger partial charge in [0.1, 0.15) is 11.5 Å². The van der Waals surface area contributed by atoms with Crippen LogP contribution in [0.3, 0.4) is 0 Å². The first-order chi connectivity index (χ1) is 12.2. The van der Waals surface area contributed by atoms with Gasteiger partial charge in [-0.25, -0.2) is 19.2 Å². The molecule has 0 radical (unpaired) electrons. The Hall–Kier alpha value is -3.88. The molecule has 0 unspecified atom stereocenters. The lowest BCUT2D eigenvalue weighted by Crippen LogP contribution is -2.10. The molecule has 0 saturated carbocycles. The zero-order valence-corrected chi connectivity index (χ0v) is 13.3. The van der Waals surface area contributed by atoms with Crippen LogP contribution in [-0.2, 0) is 4.74 Å². The van der Waals surface area contributed by atoms with Crippen LogP contribution in [0, 0.1) is 0 Å². The number of carbonyl (C=O) groups is 4. The van der Waals surface area contributed by atoms with E-state index in [9.17, 15) is 24.3 Å². The van der Waals surface area contributed by atoms with E-state index in [0.717, 1.165) is 25.3 Å². The zero-order chi connectivity index (χ0) is 19.4. The SMILES string of the molecule is COC(=O)c1ccc(Oc2ccc(C(=O)O)c(C(=O)O)c2)cc1C(=O)O. The van der Waals surface area contributed by atoms with Crippen molar-refractivity contribution in [2.24, 2.45) is 0 Å². The number of aromatic carboxylic acids is 3. The van der Waals surface area contributed by atoms with Crippen molar-refractivity contribution in [1.29, 1.82) is 0 Å². The molecule has 0 aliphatic rings. The molecule has 0 atom stereocenters. The van der Waals surface area contributed by atoms with Crippen LogP contribution >= 0.6 is 0 Å². The number of carboxylic acids is 3. The van der Waals surface area contributed by atoms with Crippen molar-refractivity contribution in [2.75, 3.05) is 7.11 Å². The molecule has 2 rings (SSSR count). The minimum Gasteiger partial charge on any atom is -0.478 e. The van der Waals surface area contributed by atoms with Gasteiger partial charge in [0, 0.05) is 0 Å². The maximum absolute atomic E-state index is 11.6. The lowest BCUT2D eigenvalue weighted by molar-refractivity contribution is 0.0582. The zero-order valence-electron chi connectivity index (χ0n) is 13.3. The molecule has 2 aromatic rings. The Labute approximate surface area is 146 Å². The van der Waals surface area contributed by atoms with E-state index in [2.05, 4.69) is 4.74 Å². The van der Waals surface area contributed by atoms with Crippen molar-refractivity contribution < 1.29 is 44.0 Å². The van der Waals surface area contributed by atoms with E-state index >= 15 is 0 Å². The molecule has 3 N–H and O–H groups in total. The van der Waals surface area contributed by atoms with Crippen LogP contribution in [-0.4, -0.2) is 46.3 Å². The van der Waals surface area contributed by atoms with Gasteiger partial charge in [-0.1, -0.05) is 0 Å². The van der Waals surface area contributed by atoms with Gasteiger partial charge in [-0.05, 0) is 36.4 Å². The van der Waals surface area contributed by atoms with Crippen LogP contribution in [0.4, 0.5) is 0 Å². The third-order valence-electron chi connectivity index (χ3n) is 3.31. The van der Waals surface area contributed by atoms with Gasteiger partial charge >= 0.3 is 23.9 Å². The Kier molecular flexibility index (Phi) is 5.21. The summed E-state index contributed by atoms with van der Waals surface area (Å²) in [5.41, 5.74) is -1.45. The summed E-state index contributed by atoms with van der Waals surface area (Å²) in [5, 5.41) is 27.3. The van der Waals surface area contributed by atoms with Crippen molar-refractivity contribution in [1.82, 2.24) is 0 Å². The number of hydrogen-bond acceptors (Lipinski definition) is 6. The predicted molar refractivity (Wildman–Crippen MR) is 85.2 cm³/mol. The molecular weight excluding hydrogens is 348 g/mol. The largest absolute Gasteiger partial charge is 0.478 e. The normalized spacial score (nSPS) is 10.0. The topological polar surface area (TPSA) is 147 Å². The maximum atomic E-state index is 11.6. The molecule has 0 aliphatic heterocycles. The Morgan fingerprint density at radius 1 is 0.692 bits per heavy atom. The number of ether oxygens (including phenoxy) is 2. The first kappa shape index (κ1) is 18.5. The first-order valence-corrected chi connectivity index (χ1v) is 6.98. The number of carboxylic acid groups (broad SMARTS) is 3. The summed E-state index contributed by atoms with van der Waals surface area (Å²) in [6, 6.07) is 6.84. The summed E-state index contributed by atoms with van der Waals surface area (Å²) in [6.45, 7) is 0. The smallest absolute Gasteiger partial charge is 0.338 e. The van der Waals surface area contributed by atoms with E-state index in [1.54, 1.807) is 0 Å². The van der Waals surface area contributed by atoms with Crippen molar-refractivity contribution in [3.8, 4) is 11.5 Å². The number of methoxy groups -OCH3 is 1. The average Bonchev–Trinajstić information content (AvgIpc) is 2.60. The average molecular weight is 360 g/mol. The Morgan fingerprint density at radius 3 is 1.54 bits per heavy atom. The highest BCUT2D eigenvalue weighted by Gasteiger charge is 2.20. The number of benzene rings is 2. The molecule has 0 saturated heterocycles. The van der Waals surface area contributed by atoms with E-state index in [-0.39, 0.29) is 22.6 Å². The van der Waals surface area contributed by atoms with E-state index in [1.165, 1.54) is 18.2 Å². The summed E-state index contributed by atoms with van der Waals surface area (Å²) < 4.78 is 9.89. The van der Waals surface area contributed by atoms with Gasteiger partial charge < -0.3 is 24.8 Å². The summed E-state index contributed by atoms with van der Waals surface area (Å²) in [7, 11) is 1.11. The highest BCUT2D eigenvalue weighted by atomic mass is 16.5. The number of esters is 1. The molecule has 0 amide bonds. The van der Waals surface area contributed by atoms with Crippen molar-refractivity contribution in [3.63, 3.8) is 0 Å². The van der Waals surface area contributed by atoms with Gasteiger partial charge in [-0.2, -0.15) is 0 Å². The molecule has 2 aromatic carbocycles. The standard InChI is InChI=1S/C17H12O9/c1-25-17(24)11-5-3-9(7-13(11)16(22)23)26-8-2-4-10(14(18)19)12(6-8)15(20)21/h2-7H,1H3,(H,18,19)(H,20,21)(H,22,23). The van der Waals surface area contributed by atoms with E-state index in [0.29, 0.717) is 0 Å². The van der Waals surface area contributed by atoms with Crippen LogP contribution in [0.5, 0.6) is 11.5 Å². The Bertz CT molecular complexity index is 914. The molecule has 26 heavy (non-hydrogen) atoms. The molecule has 0 heterocycles. The third kappa shape index (κ3) is 3.78. The quantitative estimate of drug-likeness (QED) is 0.660. The van der Waals surface area contributed by atoms with Crippen LogP contribution in [0.1, 0.15) is 41.4 Å². The minimum atomic E-state index is -1.46. The Balaban J connectivity index is 2.42. The molecule has 134 valence electrons. The lowest BCUT2D eigenvalue weighted by Gasteiger charge is -2.10. The summed E-state index contributed by atoms with van der Waals surface area (Å²) >= 11 is 0. The van der Waals surface area contributed by atoms with Crippen molar-refractivity contribution in [3.05, 3.63) is 58.7 Å². The van der Waals surface area contributed by atoms with E-state index in [1.807, 2.05) is 0 Å². The molecule has 9 heteroatoms. The fourth-order valence-corrected chi connectivity index (χ4v) is 2.14. The van der Waals surface area contributed by atoms with Crippen LogP contribution in [0.15, 0.2) is 36.4 Å². The summed E-state index contributed by atoms with van der Waals surface area (Å²) in [4.78, 5) is 45.1. The molecular formula is C17H12O9. The van der Waals surface area contributed by atoms with Gasteiger partial charge in [-0.3, -0.25) is 0 Å². The van der Waals surface area contributed by atoms with Gasteiger partial charge in [-0.15, -0.1) is 0 Å². The van der Waals surface area contributed by atoms with Crippen molar-refractivity contribution in [2.45, 2.75) is 0 Å². The van der Waals surface area contributed by atoms with Crippen molar-refractivity contribution >= 4 is 23.9 Å². The lowest BCUT2D eigenvalue weighted by atomic mass is 10.1. The van der Waals surface area contributed by atoms with E-state index in [4.69, 9.17) is 14.9 Å². The molecule has 0 aromatic heterocycles. The van der Waals surface area contributed by atoms with Crippen LogP contribution < -0.4 is 4.74 Å². The molecule has 0 fully saturated rings. The maximum Gasteiger partial charge on any atom is 0.338 e. The van der Waals surface area contributed by atoms with E-state index < -0.39 is 35.0 Å². The molecule has 0 bridgehead atoms. The van der Waals surface area contributed by atoms with Gasteiger partial charge in [0.2, 0.25) is 0 Å². The van der Waals surface area contributed by atoms with Gasteiger partial charge in [0.15, 0.2) is 0 Å².